The summed E-state index contributed by atoms with van der Waals surface area (Å²) in [5, 5.41) is 11.8. The summed E-state index contributed by atoms with van der Waals surface area (Å²) in [5.74, 6) is 1.49. The van der Waals surface area contributed by atoms with Gasteiger partial charge in [0.05, 0.1) is 0 Å². The zero-order valence-corrected chi connectivity index (χ0v) is 43.9. The Hall–Kier alpha value is -4.69. The van der Waals surface area contributed by atoms with E-state index in [9.17, 15) is 33.8 Å². The first-order valence-electron chi connectivity index (χ1n) is 19.1. The van der Waals surface area contributed by atoms with Gasteiger partial charge >= 0.3 is 55.0 Å². The Morgan fingerprint density at radius 3 is 1.16 bits per heavy atom. The first kappa shape index (κ1) is 50.3. The minimum absolute atomic E-state index is 0. The van der Waals surface area contributed by atoms with E-state index in [0.717, 1.165) is 49.6 Å². The van der Waals surface area contributed by atoms with Crippen LogP contribution in [0, 0.1) is 6.92 Å². The number of aromatic hydroxyl groups is 1. The number of hydrogen-bond donors (Lipinski definition) is 1. The first-order valence-corrected chi connectivity index (χ1v) is 23.8. The summed E-state index contributed by atoms with van der Waals surface area (Å²) >= 11 is 0. The average Bonchev–Trinajstić information content (AvgIpc) is 3.30. The molecule has 8 aromatic rings. The monoisotopic (exact) mass is 1020 g/mol. The zero-order valence-electron chi connectivity index (χ0n) is 34.4. The van der Waals surface area contributed by atoms with Crippen LogP contribution in [-0.4, -0.2) is 5.11 Å². The van der Waals surface area contributed by atoms with E-state index in [1.165, 1.54) is 12.1 Å². The molecule has 0 bridgehead atoms. The fourth-order valence-corrected chi connectivity index (χ4v) is 10.1. The van der Waals surface area contributed by atoms with Crippen LogP contribution in [-0.2, 0) is 48.1 Å². The van der Waals surface area contributed by atoms with Crippen molar-refractivity contribution in [1.82, 2.24) is 0 Å². The van der Waals surface area contributed by atoms with E-state index in [1.54, 1.807) is 48.5 Å². The molecule has 4 atom stereocenters. The van der Waals surface area contributed by atoms with Crippen LogP contribution in [0.2, 0.25) is 0 Å². The Morgan fingerprint density at radius 2 is 0.734 bits per heavy atom. The van der Waals surface area contributed by atoms with Crippen molar-refractivity contribution in [2.45, 2.75) is 6.92 Å². The van der Waals surface area contributed by atoms with Crippen LogP contribution in [0.15, 0.2) is 194 Å². The molecule has 15 heteroatoms. The molecule has 2 aliphatic rings. The van der Waals surface area contributed by atoms with E-state index < -0.39 is 32.8 Å². The van der Waals surface area contributed by atoms with Gasteiger partial charge < -0.3 is 33.7 Å². The summed E-state index contributed by atoms with van der Waals surface area (Å²) in [6.07, 6.45) is 0. The predicted molar refractivity (Wildman–Crippen MR) is 247 cm³/mol. The number of fused-ring (bicyclic) bond motifs is 6. The van der Waals surface area contributed by atoms with E-state index in [2.05, 4.69) is 0 Å². The van der Waals surface area contributed by atoms with Gasteiger partial charge in [-0.1, -0.05) is 161 Å². The Balaban J connectivity index is 0.000000229. The van der Waals surface area contributed by atoms with Crippen molar-refractivity contribution < 1.29 is 84.7 Å². The third-order valence-electron chi connectivity index (χ3n) is 9.75. The maximum atomic E-state index is 11.8. The van der Waals surface area contributed by atoms with Gasteiger partial charge in [-0.25, -0.2) is 0 Å². The number of para-hydroxylation sites is 3. The van der Waals surface area contributed by atoms with Gasteiger partial charge in [0.2, 0.25) is 0 Å². The Morgan fingerprint density at radius 1 is 0.422 bits per heavy atom. The van der Waals surface area contributed by atoms with Crippen molar-refractivity contribution in [3.05, 3.63) is 200 Å². The second-order valence-electron chi connectivity index (χ2n) is 13.6. The van der Waals surface area contributed by atoms with E-state index in [0.29, 0.717) is 27.9 Å². The van der Waals surface area contributed by atoms with Crippen LogP contribution < -0.4 is 49.8 Å². The molecule has 2 heterocycles. The molecule has 0 radical (unpaired) electrons. The standard InChI is InChI=1S/C13H11O2P.C12H9O3P.2C12H8O2P.2Zn.2H2/c1-10-6-2-3-7-11(10)12-8-4-5-9-13(12)16(14)15;13-11-7-3-1-5-9(11)10-6-2-4-8-12(10)16(14)15;2*13-15-12-8-4-2-6-10(12)9-5-1-3-7-11(9)14-15;;;;/h2-9H,1H3;1-8,13H;2*1-8H;;;2*1H/q;;2*-1;2*+2;;. The summed E-state index contributed by atoms with van der Waals surface area (Å²) in [7, 11) is -8.70. The number of hydrogen-bond acceptors (Lipinski definition) is 9. The summed E-state index contributed by atoms with van der Waals surface area (Å²) in [4.78, 5) is 45.8. The topological polar surface area (TPSA) is 165 Å². The summed E-state index contributed by atoms with van der Waals surface area (Å²) in [5.41, 5.74) is 7.93. The maximum absolute atomic E-state index is 11.8. The normalized spacial score (nSPS) is 13.8. The number of benzene rings is 8. The van der Waals surface area contributed by atoms with Gasteiger partial charge in [-0.05, 0) is 71.6 Å². The minimum atomic E-state index is -2.66. The molecule has 8 aromatic carbocycles. The predicted octanol–water partition coefficient (Wildman–Crippen LogP) is 8.75. The molecule has 0 amide bonds. The fraction of sp³-hybridized carbons (Fsp3) is 0.0204. The molecule has 0 spiro atoms. The molecule has 9 nitrogen and oxygen atoms in total. The van der Waals surface area contributed by atoms with Gasteiger partial charge in [-0.3, -0.25) is 0 Å². The molecule has 4 unspecified atom stereocenters. The molecule has 312 valence electrons. The van der Waals surface area contributed by atoms with Crippen molar-refractivity contribution in [2.75, 3.05) is 0 Å². The molecule has 0 saturated heterocycles. The van der Waals surface area contributed by atoms with Gasteiger partial charge in [-0.15, -0.1) is 0 Å². The van der Waals surface area contributed by atoms with E-state index in [4.69, 9.17) is 9.05 Å². The number of rotatable bonds is 4. The van der Waals surface area contributed by atoms with Crippen LogP contribution in [0.3, 0.4) is 0 Å². The quantitative estimate of drug-likeness (QED) is 0.134. The second kappa shape index (κ2) is 24.0. The molecule has 10 rings (SSSR count). The summed E-state index contributed by atoms with van der Waals surface area (Å²) in [6.45, 7) is 1.98. The molecule has 64 heavy (non-hydrogen) atoms. The first-order chi connectivity index (χ1) is 30.1. The van der Waals surface area contributed by atoms with E-state index in [-0.39, 0.29) is 52.9 Å². The minimum Gasteiger partial charge on any atom is -0.795 e. The number of phenolic OH excluding ortho intramolecular Hbond substituents is 1. The van der Waals surface area contributed by atoms with Gasteiger partial charge in [0.25, 0.3) is 0 Å². The van der Waals surface area contributed by atoms with Gasteiger partial charge in [0.1, 0.15) is 17.2 Å². The van der Waals surface area contributed by atoms with Gasteiger partial charge in [0, 0.05) is 58.0 Å². The van der Waals surface area contributed by atoms with Crippen molar-refractivity contribution in [3.63, 3.8) is 0 Å². The van der Waals surface area contributed by atoms with Crippen molar-refractivity contribution in [3.8, 4) is 61.8 Å². The molecular formula is C49H40O9P4Zn2+2. The smallest absolute Gasteiger partial charge is 0.795 e. The summed E-state index contributed by atoms with van der Waals surface area (Å²) < 4.78 is 32.9. The van der Waals surface area contributed by atoms with Crippen molar-refractivity contribution in [1.29, 1.82) is 0 Å². The largest absolute Gasteiger partial charge is 2.00 e. The van der Waals surface area contributed by atoms with Crippen LogP contribution >= 0.6 is 32.8 Å². The molecule has 0 aromatic heterocycles. The van der Waals surface area contributed by atoms with Gasteiger partial charge in [0.15, 0.2) is 10.6 Å². The Labute approximate surface area is 404 Å². The van der Waals surface area contributed by atoms with E-state index in [1.807, 2.05) is 140 Å². The third kappa shape index (κ3) is 11.9. The third-order valence-corrected chi connectivity index (χ3v) is 13.6. The molecule has 0 aliphatic carbocycles. The number of aryl methyl sites for hydroxylation is 1. The maximum Gasteiger partial charge on any atom is 2.00 e. The van der Waals surface area contributed by atoms with E-state index >= 15 is 0 Å². The summed E-state index contributed by atoms with van der Waals surface area (Å²) in [6, 6.07) is 58.7. The van der Waals surface area contributed by atoms with Crippen molar-refractivity contribution in [2.24, 2.45) is 0 Å². The fourth-order valence-electron chi connectivity index (χ4n) is 6.83. The van der Waals surface area contributed by atoms with Crippen LogP contribution in [0.4, 0.5) is 0 Å². The van der Waals surface area contributed by atoms with Crippen LogP contribution in [0.25, 0.3) is 44.5 Å². The van der Waals surface area contributed by atoms with Crippen LogP contribution in [0.1, 0.15) is 8.42 Å². The number of phenols is 1. The van der Waals surface area contributed by atoms with Crippen LogP contribution in [0.5, 0.6) is 17.2 Å². The second-order valence-corrected chi connectivity index (χ2v) is 18.0. The van der Waals surface area contributed by atoms with Gasteiger partial charge in [-0.2, -0.15) is 0 Å². The molecule has 2 aliphatic heterocycles. The molecular weight excluding hydrogens is 987 g/mol. The molecule has 0 fully saturated rings. The molecule has 0 saturated carbocycles. The Bertz CT molecular complexity index is 2700. The Kier molecular flexibility index (Phi) is 18.9. The molecule has 1 N–H and O–H groups in total. The van der Waals surface area contributed by atoms with Crippen molar-refractivity contribution >= 4 is 54.0 Å². The average molecular weight is 1030 g/mol. The zero-order chi connectivity index (χ0) is 43.6. The SMILES string of the molecule is Cc1ccccc1-c1ccccc1[P+](=O)[O-].O=[P+]([O-])c1ccccc1-c1ccccc1O.[HH].[HH].[O-]P1Oc2ccccc2-c2ccccc21.[O-]P1Oc2ccccc2-c2ccccc21.[Zn+2].[Zn+2].